The molecule has 0 radical (unpaired) electrons. The minimum absolute atomic E-state index is 0.0289. The molecule has 16 heteroatoms. The number of nitrogens with zero attached hydrogens (tertiary/aromatic N) is 9. The molecule has 5 aromatic rings. The molecule has 2 aromatic carbocycles. The largest absolute Gasteiger partial charge is 0.481 e. The van der Waals surface area contributed by atoms with Gasteiger partial charge in [0.2, 0.25) is 11.8 Å². The second-order valence-corrected chi connectivity index (χ2v) is 11.4. The van der Waals surface area contributed by atoms with E-state index in [1.54, 1.807) is 41.4 Å². The summed E-state index contributed by atoms with van der Waals surface area (Å²) >= 11 is 0. The standard InChI is InChI=1S/C33H32F3N9O4/c1-42-28-20-38-26-6-3-21(22-4-8-29(48-2)39-19-22)17-24(26)31(28)45(32(42)47)23-5-7-27(25(18-23)33(34,35)36)43-11-13-44(14-12-43)30(46)9-15-49-16-10-40-41-37/h3-8,17-20H,9-16H2,1-2H3. The van der Waals surface area contributed by atoms with Crippen molar-refractivity contribution in [3.8, 4) is 22.7 Å². The average Bonchev–Trinajstić information content (AvgIpc) is 3.38. The van der Waals surface area contributed by atoms with E-state index >= 15 is 0 Å². The van der Waals surface area contributed by atoms with Gasteiger partial charge >= 0.3 is 11.9 Å². The van der Waals surface area contributed by atoms with E-state index in [1.165, 1.54) is 28.4 Å². The van der Waals surface area contributed by atoms with Crippen molar-refractivity contribution in [1.29, 1.82) is 0 Å². The number of pyridine rings is 2. The predicted molar refractivity (Wildman–Crippen MR) is 177 cm³/mol. The van der Waals surface area contributed by atoms with E-state index in [4.69, 9.17) is 15.0 Å². The summed E-state index contributed by atoms with van der Waals surface area (Å²) in [6.07, 6.45) is -1.42. The second-order valence-electron chi connectivity index (χ2n) is 11.4. The number of benzene rings is 2. The molecular weight excluding hydrogens is 643 g/mol. The first-order chi connectivity index (χ1) is 23.6. The highest BCUT2D eigenvalue weighted by Gasteiger charge is 2.36. The van der Waals surface area contributed by atoms with Crippen LogP contribution in [0.25, 0.3) is 49.2 Å². The summed E-state index contributed by atoms with van der Waals surface area (Å²) in [6.45, 7) is 1.38. The second kappa shape index (κ2) is 13.9. The van der Waals surface area contributed by atoms with Crippen LogP contribution in [0.3, 0.4) is 0 Å². The van der Waals surface area contributed by atoms with Crippen LogP contribution in [0.15, 0.2) is 70.8 Å². The Morgan fingerprint density at radius 3 is 2.47 bits per heavy atom. The molecule has 1 aliphatic heterocycles. The molecule has 0 atom stereocenters. The highest BCUT2D eigenvalue weighted by Crippen LogP contribution is 2.39. The Hall–Kier alpha value is -5.60. The van der Waals surface area contributed by atoms with Gasteiger partial charge in [-0.2, -0.15) is 13.2 Å². The van der Waals surface area contributed by atoms with Crippen molar-refractivity contribution in [2.75, 3.05) is 57.9 Å². The number of carbonyl (C=O) groups excluding carboxylic acids is 1. The summed E-state index contributed by atoms with van der Waals surface area (Å²) in [6, 6.07) is 13.0. The minimum atomic E-state index is -4.72. The Labute approximate surface area is 277 Å². The Balaban J connectivity index is 1.32. The Bertz CT molecular complexity index is 2120. The third-order valence-corrected chi connectivity index (χ3v) is 8.54. The number of azide groups is 1. The SMILES string of the molecule is COc1ccc(-c2ccc3ncc4c(c3c2)n(-c2ccc(N3CCN(C(=O)CCOCCN=[N+]=[N-])CC3)c(C(F)(F)F)c2)c(=O)n4C)cn1. The number of carbonyl (C=O) groups is 1. The Kier molecular flexibility index (Phi) is 9.42. The molecule has 3 aromatic heterocycles. The lowest BCUT2D eigenvalue weighted by molar-refractivity contribution is -0.137. The summed E-state index contributed by atoms with van der Waals surface area (Å²) in [5.74, 6) is 0.282. The third-order valence-electron chi connectivity index (χ3n) is 8.54. The van der Waals surface area contributed by atoms with E-state index in [0.717, 1.165) is 17.2 Å². The highest BCUT2D eigenvalue weighted by molar-refractivity contribution is 6.04. The number of halogens is 3. The molecule has 4 heterocycles. The van der Waals surface area contributed by atoms with Gasteiger partial charge in [0.05, 0.1) is 60.7 Å². The zero-order chi connectivity index (χ0) is 34.7. The normalized spacial score (nSPS) is 13.6. The van der Waals surface area contributed by atoms with Crippen LogP contribution in [0.2, 0.25) is 0 Å². The number of hydrogen-bond donors (Lipinski definition) is 0. The predicted octanol–water partition coefficient (Wildman–Crippen LogP) is 5.33. The first kappa shape index (κ1) is 33.3. The van der Waals surface area contributed by atoms with E-state index < -0.39 is 17.4 Å². The van der Waals surface area contributed by atoms with Crippen LogP contribution in [0.5, 0.6) is 5.88 Å². The molecule has 1 saturated heterocycles. The number of anilines is 1. The van der Waals surface area contributed by atoms with Crippen molar-refractivity contribution in [3.63, 3.8) is 0 Å². The number of rotatable bonds is 10. The summed E-state index contributed by atoms with van der Waals surface area (Å²) in [4.78, 5) is 40.9. The number of piperazine rings is 1. The number of alkyl halides is 3. The van der Waals surface area contributed by atoms with Gasteiger partial charge in [-0.3, -0.25) is 18.9 Å². The molecule has 1 amide bonds. The fraction of sp³-hybridized carbons (Fsp3) is 0.333. The van der Waals surface area contributed by atoms with Gasteiger partial charge < -0.3 is 19.3 Å². The van der Waals surface area contributed by atoms with E-state index in [0.29, 0.717) is 27.8 Å². The molecule has 49 heavy (non-hydrogen) atoms. The number of amides is 1. The first-order valence-electron chi connectivity index (χ1n) is 15.4. The lowest BCUT2D eigenvalue weighted by Gasteiger charge is -2.37. The quantitative estimate of drug-likeness (QED) is 0.0842. The number of aromatic nitrogens is 4. The van der Waals surface area contributed by atoms with Gasteiger partial charge in [0, 0.05) is 73.6 Å². The molecule has 0 aliphatic carbocycles. The average molecular weight is 676 g/mol. The van der Waals surface area contributed by atoms with Crippen LogP contribution < -0.4 is 15.3 Å². The van der Waals surface area contributed by atoms with Crippen LogP contribution in [-0.4, -0.2) is 83.0 Å². The third kappa shape index (κ3) is 6.73. The smallest absolute Gasteiger partial charge is 0.418 e. The fourth-order valence-corrected chi connectivity index (χ4v) is 6.02. The number of imidazole rings is 1. The van der Waals surface area contributed by atoms with Crippen molar-refractivity contribution in [3.05, 3.63) is 87.4 Å². The monoisotopic (exact) mass is 675 g/mol. The molecule has 1 aliphatic rings. The van der Waals surface area contributed by atoms with Crippen LogP contribution in [0.1, 0.15) is 12.0 Å². The zero-order valence-corrected chi connectivity index (χ0v) is 26.7. The number of hydrogen-bond acceptors (Lipinski definition) is 8. The maximum atomic E-state index is 14.7. The van der Waals surface area contributed by atoms with Gasteiger partial charge in [0.25, 0.3) is 0 Å². The number of methoxy groups -OCH3 is 1. The first-order valence-corrected chi connectivity index (χ1v) is 15.4. The summed E-state index contributed by atoms with van der Waals surface area (Å²) in [5, 5.41) is 3.95. The minimum Gasteiger partial charge on any atom is -0.481 e. The molecule has 0 spiro atoms. The molecule has 6 rings (SSSR count). The van der Waals surface area contributed by atoms with Gasteiger partial charge in [0.1, 0.15) is 0 Å². The summed E-state index contributed by atoms with van der Waals surface area (Å²) in [7, 11) is 3.08. The van der Waals surface area contributed by atoms with Crippen molar-refractivity contribution in [2.45, 2.75) is 12.6 Å². The van der Waals surface area contributed by atoms with Crippen molar-refractivity contribution in [2.24, 2.45) is 12.2 Å². The van der Waals surface area contributed by atoms with E-state index in [1.807, 2.05) is 18.2 Å². The van der Waals surface area contributed by atoms with E-state index in [9.17, 15) is 22.8 Å². The molecule has 0 N–H and O–H groups in total. The van der Waals surface area contributed by atoms with Gasteiger partial charge in [-0.05, 0) is 47.5 Å². The maximum absolute atomic E-state index is 14.7. The van der Waals surface area contributed by atoms with Crippen molar-refractivity contribution in [1.82, 2.24) is 24.0 Å². The molecule has 13 nitrogen and oxygen atoms in total. The van der Waals surface area contributed by atoms with Gasteiger partial charge in [-0.1, -0.05) is 11.2 Å². The van der Waals surface area contributed by atoms with Gasteiger partial charge in [-0.25, -0.2) is 9.78 Å². The zero-order valence-electron chi connectivity index (χ0n) is 26.7. The highest BCUT2D eigenvalue weighted by atomic mass is 19.4. The van der Waals surface area contributed by atoms with Crippen molar-refractivity contribution >= 4 is 33.5 Å². The molecule has 0 unspecified atom stereocenters. The molecule has 1 fully saturated rings. The molecular formula is C33H32F3N9O4. The van der Waals surface area contributed by atoms with Crippen LogP contribution >= 0.6 is 0 Å². The number of aryl methyl sites for hydroxylation is 1. The Morgan fingerprint density at radius 1 is 1.00 bits per heavy atom. The molecule has 0 saturated carbocycles. The Morgan fingerprint density at radius 2 is 1.78 bits per heavy atom. The summed E-state index contributed by atoms with van der Waals surface area (Å²) < 4.78 is 57.1. The lowest BCUT2D eigenvalue weighted by Crippen LogP contribution is -2.49. The summed E-state index contributed by atoms with van der Waals surface area (Å²) in [5.41, 5.74) is 9.95. The lowest BCUT2D eigenvalue weighted by atomic mass is 10.0. The van der Waals surface area contributed by atoms with Gasteiger partial charge in [-0.15, -0.1) is 0 Å². The molecule has 0 bridgehead atoms. The number of fused-ring (bicyclic) bond motifs is 3. The topological polar surface area (TPSA) is 143 Å². The maximum Gasteiger partial charge on any atom is 0.418 e. The molecule has 254 valence electrons. The fourth-order valence-electron chi connectivity index (χ4n) is 6.02. The van der Waals surface area contributed by atoms with Crippen molar-refractivity contribution < 1.29 is 27.4 Å². The van der Waals surface area contributed by atoms with E-state index in [-0.39, 0.29) is 69.6 Å². The van der Waals surface area contributed by atoms with Gasteiger partial charge in [0.15, 0.2) is 0 Å². The number of ether oxygens (including phenoxy) is 2. The van der Waals surface area contributed by atoms with Crippen LogP contribution in [0.4, 0.5) is 18.9 Å². The van der Waals surface area contributed by atoms with Crippen LogP contribution in [-0.2, 0) is 22.8 Å². The van der Waals surface area contributed by atoms with Crippen LogP contribution in [0, 0.1) is 0 Å². The van der Waals surface area contributed by atoms with E-state index in [2.05, 4.69) is 20.0 Å².